The number of ether oxygens (including phenoxy) is 1. The number of benzene rings is 1. The van der Waals surface area contributed by atoms with Crippen LogP contribution in [0.2, 0.25) is 0 Å². The number of carbonyl (C=O) groups is 2. The maximum absolute atomic E-state index is 12.3. The standard InChI is InChI=1S/C14H19NO4/c1-4-15(8-7-13(17)19-3)14(18)12-6-5-11(16)9-10(12)2/h5-6,9,16H,4,7-8H2,1-3H3. The smallest absolute Gasteiger partial charge is 0.307 e. The van der Waals surface area contributed by atoms with Gasteiger partial charge in [0.1, 0.15) is 5.75 Å². The first kappa shape index (κ1) is 15.0. The number of phenols is 1. The third-order valence-electron chi connectivity index (χ3n) is 2.92. The summed E-state index contributed by atoms with van der Waals surface area (Å²) in [5.74, 6) is -0.357. The topological polar surface area (TPSA) is 66.8 Å². The lowest BCUT2D eigenvalue weighted by atomic mass is 10.1. The fraction of sp³-hybridized carbons (Fsp3) is 0.429. The number of hydrogen-bond acceptors (Lipinski definition) is 4. The van der Waals surface area contributed by atoms with Crippen molar-refractivity contribution in [2.45, 2.75) is 20.3 Å². The van der Waals surface area contributed by atoms with Crippen LogP contribution in [0.3, 0.4) is 0 Å². The molecule has 0 radical (unpaired) electrons. The highest BCUT2D eigenvalue weighted by atomic mass is 16.5. The van der Waals surface area contributed by atoms with Gasteiger partial charge in [-0.3, -0.25) is 9.59 Å². The number of aromatic hydroxyl groups is 1. The lowest BCUT2D eigenvalue weighted by Gasteiger charge is -2.21. The van der Waals surface area contributed by atoms with E-state index in [1.165, 1.54) is 13.2 Å². The molecule has 1 rings (SSSR count). The number of nitrogens with zero attached hydrogens (tertiary/aromatic N) is 1. The second-order valence-electron chi connectivity index (χ2n) is 4.21. The number of aryl methyl sites for hydroxylation is 1. The van der Waals surface area contributed by atoms with Gasteiger partial charge in [-0.05, 0) is 37.6 Å². The van der Waals surface area contributed by atoms with Gasteiger partial charge in [-0.15, -0.1) is 0 Å². The molecule has 0 heterocycles. The minimum absolute atomic E-state index is 0.131. The lowest BCUT2D eigenvalue weighted by molar-refractivity contribution is -0.140. The normalized spacial score (nSPS) is 10.1. The first-order valence-corrected chi connectivity index (χ1v) is 6.15. The van der Waals surface area contributed by atoms with Crippen molar-refractivity contribution in [1.82, 2.24) is 4.90 Å². The molecule has 0 atom stereocenters. The maximum Gasteiger partial charge on any atom is 0.307 e. The van der Waals surface area contributed by atoms with E-state index in [-0.39, 0.29) is 24.0 Å². The molecule has 0 fully saturated rings. The highest BCUT2D eigenvalue weighted by Crippen LogP contribution is 2.17. The molecular weight excluding hydrogens is 246 g/mol. The molecule has 5 heteroatoms. The van der Waals surface area contributed by atoms with E-state index in [0.29, 0.717) is 24.2 Å². The van der Waals surface area contributed by atoms with Crippen molar-refractivity contribution in [2.75, 3.05) is 20.2 Å². The van der Waals surface area contributed by atoms with Gasteiger partial charge in [0.25, 0.3) is 5.91 Å². The van der Waals surface area contributed by atoms with Crippen molar-refractivity contribution in [2.24, 2.45) is 0 Å². The molecule has 1 N–H and O–H groups in total. The molecule has 1 amide bonds. The maximum atomic E-state index is 12.3. The zero-order valence-corrected chi connectivity index (χ0v) is 11.5. The van der Waals surface area contributed by atoms with Gasteiger partial charge in [-0.2, -0.15) is 0 Å². The van der Waals surface area contributed by atoms with Gasteiger partial charge in [0.2, 0.25) is 0 Å². The van der Waals surface area contributed by atoms with Crippen LogP contribution in [0, 0.1) is 6.92 Å². The van der Waals surface area contributed by atoms with Crippen LogP contribution in [0.4, 0.5) is 0 Å². The lowest BCUT2D eigenvalue weighted by Crippen LogP contribution is -2.33. The monoisotopic (exact) mass is 265 g/mol. The largest absolute Gasteiger partial charge is 0.508 e. The predicted molar refractivity (Wildman–Crippen MR) is 71.1 cm³/mol. The average Bonchev–Trinajstić information content (AvgIpc) is 2.38. The summed E-state index contributed by atoms with van der Waals surface area (Å²) >= 11 is 0. The molecule has 0 aliphatic heterocycles. The Balaban J connectivity index is 2.80. The zero-order valence-electron chi connectivity index (χ0n) is 11.5. The molecule has 0 aromatic heterocycles. The molecule has 0 aliphatic carbocycles. The van der Waals surface area contributed by atoms with Gasteiger partial charge in [0.15, 0.2) is 0 Å². The molecule has 0 unspecified atom stereocenters. The molecule has 0 spiro atoms. The van der Waals surface area contributed by atoms with Crippen LogP contribution in [0.1, 0.15) is 29.3 Å². The molecule has 0 saturated heterocycles. The van der Waals surface area contributed by atoms with Gasteiger partial charge in [-0.1, -0.05) is 0 Å². The summed E-state index contributed by atoms with van der Waals surface area (Å²) in [6.07, 6.45) is 0.174. The highest BCUT2D eigenvalue weighted by molar-refractivity contribution is 5.96. The van der Waals surface area contributed by atoms with Crippen molar-refractivity contribution >= 4 is 11.9 Å². The molecule has 0 saturated carbocycles. The summed E-state index contributed by atoms with van der Waals surface area (Å²) in [6.45, 7) is 4.45. The Morgan fingerprint density at radius 1 is 1.37 bits per heavy atom. The summed E-state index contributed by atoms with van der Waals surface area (Å²) in [7, 11) is 1.32. The third kappa shape index (κ3) is 3.98. The van der Waals surface area contributed by atoms with Gasteiger partial charge < -0.3 is 14.7 Å². The second-order valence-corrected chi connectivity index (χ2v) is 4.21. The fourth-order valence-electron chi connectivity index (χ4n) is 1.79. The van der Waals surface area contributed by atoms with Crippen molar-refractivity contribution < 1.29 is 19.4 Å². The van der Waals surface area contributed by atoms with E-state index in [0.717, 1.165) is 0 Å². The van der Waals surface area contributed by atoms with Crippen LogP contribution in [-0.4, -0.2) is 42.1 Å². The third-order valence-corrected chi connectivity index (χ3v) is 2.92. The van der Waals surface area contributed by atoms with Gasteiger partial charge >= 0.3 is 5.97 Å². The van der Waals surface area contributed by atoms with E-state index in [4.69, 9.17) is 0 Å². The summed E-state index contributed by atoms with van der Waals surface area (Å²) in [4.78, 5) is 25.0. The van der Waals surface area contributed by atoms with Crippen molar-refractivity contribution in [3.8, 4) is 5.75 Å². The van der Waals surface area contributed by atoms with E-state index >= 15 is 0 Å². The van der Waals surface area contributed by atoms with Crippen molar-refractivity contribution in [3.63, 3.8) is 0 Å². The first-order valence-electron chi connectivity index (χ1n) is 6.15. The number of esters is 1. The van der Waals surface area contributed by atoms with E-state index in [9.17, 15) is 14.7 Å². The number of phenolic OH excluding ortho intramolecular Hbond substituents is 1. The van der Waals surface area contributed by atoms with E-state index in [1.54, 1.807) is 24.0 Å². The molecule has 1 aromatic carbocycles. The number of methoxy groups -OCH3 is 1. The Morgan fingerprint density at radius 3 is 2.58 bits per heavy atom. The van der Waals surface area contributed by atoms with Crippen LogP contribution >= 0.6 is 0 Å². The Bertz CT molecular complexity index is 471. The van der Waals surface area contributed by atoms with Crippen molar-refractivity contribution in [1.29, 1.82) is 0 Å². The minimum Gasteiger partial charge on any atom is -0.508 e. The van der Waals surface area contributed by atoms with Gasteiger partial charge in [-0.25, -0.2) is 0 Å². The molecule has 0 bridgehead atoms. The summed E-state index contributed by atoms with van der Waals surface area (Å²) in [5.41, 5.74) is 1.24. The minimum atomic E-state index is -0.339. The molecular formula is C14H19NO4. The van der Waals surface area contributed by atoms with Gasteiger partial charge in [0.05, 0.1) is 13.5 Å². The quantitative estimate of drug-likeness (QED) is 0.823. The summed E-state index contributed by atoms with van der Waals surface area (Å²) in [5, 5.41) is 9.34. The molecule has 19 heavy (non-hydrogen) atoms. The second kappa shape index (κ2) is 6.78. The molecule has 0 aliphatic rings. The van der Waals surface area contributed by atoms with E-state index in [1.807, 2.05) is 6.92 Å². The number of amides is 1. The number of rotatable bonds is 5. The first-order chi connectivity index (χ1) is 8.99. The Morgan fingerprint density at radius 2 is 2.05 bits per heavy atom. The highest BCUT2D eigenvalue weighted by Gasteiger charge is 2.17. The average molecular weight is 265 g/mol. The summed E-state index contributed by atoms with van der Waals surface area (Å²) in [6, 6.07) is 4.61. The van der Waals surface area contributed by atoms with Crippen LogP contribution in [-0.2, 0) is 9.53 Å². The van der Waals surface area contributed by atoms with E-state index in [2.05, 4.69) is 4.74 Å². The SMILES string of the molecule is CCN(CCC(=O)OC)C(=O)c1ccc(O)cc1C. The number of hydrogen-bond donors (Lipinski definition) is 1. The Hall–Kier alpha value is -2.04. The predicted octanol–water partition coefficient (Wildman–Crippen LogP) is 1.73. The fourth-order valence-corrected chi connectivity index (χ4v) is 1.79. The zero-order chi connectivity index (χ0) is 14.4. The van der Waals surface area contributed by atoms with Crippen LogP contribution in [0.15, 0.2) is 18.2 Å². The molecule has 5 nitrogen and oxygen atoms in total. The summed E-state index contributed by atoms with van der Waals surface area (Å²) < 4.78 is 4.56. The van der Waals surface area contributed by atoms with Crippen LogP contribution < -0.4 is 0 Å². The van der Waals surface area contributed by atoms with Crippen LogP contribution in [0.5, 0.6) is 5.75 Å². The van der Waals surface area contributed by atoms with Crippen molar-refractivity contribution in [3.05, 3.63) is 29.3 Å². The molecule has 104 valence electrons. The van der Waals surface area contributed by atoms with Gasteiger partial charge in [0, 0.05) is 18.7 Å². The number of carbonyl (C=O) groups excluding carboxylic acids is 2. The molecule has 1 aromatic rings. The van der Waals surface area contributed by atoms with Crippen LogP contribution in [0.25, 0.3) is 0 Å². The van der Waals surface area contributed by atoms with E-state index < -0.39 is 0 Å². The Kier molecular flexibility index (Phi) is 5.36. The Labute approximate surface area is 112 Å².